The zero-order valence-corrected chi connectivity index (χ0v) is 15.8. The average molecular weight is 416 g/mol. The summed E-state index contributed by atoms with van der Waals surface area (Å²) in [5.74, 6) is 1.47. The Morgan fingerprint density at radius 3 is 2.24 bits per heavy atom. The molecule has 0 atom stereocenters. The number of halogens is 3. The molecule has 0 amide bonds. The minimum Gasteiger partial charge on any atom is -0.493 e. The third-order valence-electron chi connectivity index (χ3n) is 3.61. The van der Waals surface area contributed by atoms with Crippen LogP contribution in [0, 0.1) is 0 Å². The highest BCUT2D eigenvalue weighted by Crippen LogP contribution is 2.38. The highest BCUT2D eigenvalue weighted by atomic mass is 79.9. The van der Waals surface area contributed by atoms with Gasteiger partial charge in [0, 0.05) is 13.1 Å². The van der Waals surface area contributed by atoms with Crippen molar-refractivity contribution in [2.45, 2.75) is 19.7 Å². The van der Waals surface area contributed by atoms with Crippen LogP contribution < -0.4 is 14.2 Å². The number of alkyl halides is 2. The molecule has 0 radical (unpaired) electrons. The van der Waals surface area contributed by atoms with Gasteiger partial charge in [-0.05, 0) is 52.3 Å². The van der Waals surface area contributed by atoms with Crippen LogP contribution in [0.3, 0.4) is 0 Å². The van der Waals surface area contributed by atoms with Gasteiger partial charge in [0.1, 0.15) is 5.75 Å². The Morgan fingerprint density at radius 2 is 1.68 bits per heavy atom. The summed E-state index contributed by atoms with van der Waals surface area (Å²) in [6.45, 7) is -1.47. The molecule has 0 heterocycles. The Kier molecular flexibility index (Phi) is 7.01. The van der Waals surface area contributed by atoms with Gasteiger partial charge in [0.25, 0.3) is 0 Å². The zero-order valence-electron chi connectivity index (χ0n) is 14.3. The molecule has 0 aromatic heterocycles. The van der Waals surface area contributed by atoms with Gasteiger partial charge in [0.2, 0.25) is 0 Å². The Bertz CT molecular complexity index is 695. The van der Waals surface area contributed by atoms with Crippen molar-refractivity contribution in [1.29, 1.82) is 0 Å². The second-order valence-corrected chi connectivity index (χ2v) is 6.26. The first kappa shape index (κ1) is 19.5. The van der Waals surface area contributed by atoms with Gasteiger partial charge in [0.15, 0.2) is 11.5 Å². The van der Waals surface area contributed by atoms with E-state index in [1.807, 2.05) is 19.2 Å². The number of nitrogens with zero attached hydrogens (tertiary/aromatic N) is 1. The summed E-state index contributed by atoms with van der Waals surface area (Å²) in [6.07, 6.45) is 0. The molecular weight excluding hydrogens is 396 g/mol. The molecule has 7 heteroatoms. The van der Waals surface area contributed by atoms with E-state index < -0.39 is 6.61 Å². The molecule has 0 fully saturated rings. The van der Waals surface area contributed by atoms with E-state index in [1.165, 1.54) is 0 Å². The van der Waals surface area contributed by atoms with E-state index in [0.29, 0.717) is 24.6 Å². The van der Waals surface area contributed by atoms with E-state index in [-0.39, 0.29) is 5.75 Å². The SMILES string of the molecule is COc1ccc(CN(C)Cc2ccc(OC(F)F)cc2)c(Br)c1OC. The number of methoxy groups -OCH3 is 2. The standard InChI is InChI=1S/C18H20BrF2NO3/c1-22(10-12-4-7-14(8-5-12)25-18(20)21)11-13-6-9-15(23-2)17(24-3)16(13)19/h4-9,18H,10-11H2,1-3H3. The monoisotopic (exact) mass is 415 g/mol. The maximum Gasteiger partial charge on any atom is 0.387 e. The molecule has 2 aromatic carbocycles. The van der Waals surface area contributed by atoms with Gasteiger partial charge < -0.3 is 14.2 Å². The molecule has 25 heavy (non-hydrogen) atoms. The molecule has 2 aromatic rings. The van der Waals surface area contributed by atoms with Gasteiger partial charge in [-0.15, -0.1) is 0 Å². The lowest BCUT2D eigenvalue weighted by atomic mass is 10.1. The molecule has 0 unspecified atom stereocenters. The molecule has 4 nitrogen and oxygen atoms in total. The van der Waals surface area contributed by atoms with E-state index in [0.717, 1.165) is 15.6 Å². The van der Waals surface area contributed by atoms with Crippen LogP contribution in [0.1, 0.15) is 11.1 Å². The summed E-state index contributed by atoms with van der Waals surface area (Å²) < 4.78 is 40.2. The minimum absolute atomic E-state index is 0.157. The van der Waals surface area contributed by atoms with Crippen LogP contribution in [-0.2, 0) is 13.1 Å². The third-order valence-corrected chi connectivity index (χ3v) is 4.48. The topological polar surface area (TPSA) is 30.9 Å². The number of rotatable bonds is 8. The first-order chi connectivity index (χ1) is 11.9. The lowest BCUT2D eigenvalue weighted by Crippen LogP contribution is -2.17. The van der Waals surface area contributed by atoms with Crippen molar-refractivity contribution >= 4 is 15.9 Å². The van der Waals surface area contributed by atoms with Crippen LogP contribution in [0.5, 0.6) is 17.2 Å². The second kappa shape index (κ2) is 9.01. The van der Waals surface area contributed by atoms with Gasteiger partial charge in [0.05, 0.1) is 18.7 Å². The molecule has 0 N–H and O–H groups in total. The lowest BCUT2D eigenvalue weighted by molar-refractivity contribution is -0.0498. The van der Waals surface area contributed by atoms with Crippen molar-refractivity contribution in [2.75, 3.05) is 21.3 Å². The molecule has 0 bridgehead atoms. The lowest BCUT2D eigenvalue weighted by Gasteiger charge is -2.19. The first-order valence-electron chi connectivity index (χ1n) is 7.56. The van der Waals surface area contributed by atoms with E-state index >= 15 is 0 Å². The zero-order chi connectivity index (χ0) is 18.4. The quantitative estimate of drug-likeness (QED) is 0.625. The van der Waals surface area contributed by atoms with Gasteiger partial charge in [-0.3, -0.25) is 4.90 Å². The normalized spacial score (nSPS) is 11.0. The van der Waals surface area contributed by atoms with Crippen LogP contribution in [0.2, 0.25) is 0 Å². The van der Waals surface area contributed by atoms with Crippen molar-refractivity contribution in [3.63, 3.8) is 0 Å². The molecule has 2 rings (SSSR count). The molecular formula is C18H20BrF2NO3. The summed E-state index contributed by atoms with van der Waals surface area (Å²) in [5, 5.41) is 0. The molecule has 136 valence electrons. The van der Waals surface area contributed by atoms with E-state index in [9.17, 15) is 8.78 Å². The third kappa shape index (κ3) is 5.31. The molecule has 0 aliphatic heterocycles. The minimum atomic E-state index is -2.81. The van der Waals surface area contributed by atoms with Crippen LogP contribution in [0.4, 0.5) is 8.78 Å². The fourth-order valence-electron chi connectivity index (χ4n) is 2.49. The van der Waals surface area contributed by atoms with Gasteiger partial charge in [-0.1, -0.05) is 18.2 Å². The first-order valence-corrected chi connectivity index (χ1v) is 8.35. The molecule has 0 aliphatic rings. The molecule has 0 aliphatic carbocycles. The summed E-state index contributed by atoms with van der Waals surface area (Å²) in [6, 6.07) is 10.5. The average Bonchev–Trinajstić information content (AvgIpc) is 2.57. The largest absolute Gasteiger partial charge is 0.493 e. The highest BCUT2D eigenvalue weighted by Gasteiger charge is 2.14. The Morgan fingerprint density at radius 1 is 1.00 bits per heavy atom. The second-order valence-electron chi connectivity index (χ2n) is 5.47. The number of ether oxygens (including phenoxy) is 3. The molecule has 0 saturated heterocycles. The number of hydrogen-bond acceptors (Lipinski definition) is 4. The summed E-state index contributed by atoms with van der Waals surface area (Å²) in [7, 11) is 5.17. The maximum absolute atomic E-state index is 12.2. The summed E-state index contributed by atoms with van der Waals surface area (Å²) >= 11 is 3.56. The predicted molar refractivity (Wildman–Crippen MR) is 95.5 cm³/mol. The van der Waals surface area contributed by atoms with Crippen molar-refractivity contribution in [1.82, 2.24) is 4.90 Å². The fraction of sp³-hybridized carbons (Fsp3) is 0.333. The molecule has 0 saturated carbocycles. The Balaban J connectivity index is 2.04. The van der Waals surface area contributed by atoms with E-state index in [2.05, 4.69) is 25.6 Å². The maximum atomic E-state index is 12.2. The summed E-state index contributed by atoms with van der Waals surface area (Å²) in [5.41, 5.74) is 2.05. The van der Waals surface area contributed by atoms with Crippen LogP contribution >= 0.6 is 15.9 Å². The Labute approximate surface area is 154 Å². The van der Waals surface area contributed by atoms with Gasteiger partial charge >= 0.3 is 6.61 Å². The Hall–Kier alpha value is -1.86. The smallest absolute Gasteiger partial charge is 0.387 e. The molecule has 0 spiro atoms. The van der Waals surface area contributed by atoms with Crippen molar-refractivity contribution in [3.05, 3.63) is 52.0 Å². The number of benzene rings is 2. The van der Waals surface area contributed by atoms with Crippen LogP contribution in [0.15, 0.2) is 40.9 Å². The van der Waals surface area contributed by atoms with Gasteiger partial charge in [-0.25, -0.2) is 0 Å². The highest BCUT2D eigenvalue weighted by molar-refractivity contribution is 9.10. The van der Waals surface area contributed by atoms with Crippen molar-refractivity contribution < 1.29 is 23.0 Å². The fourth-order valence-corrected chi connectivity index (χ4v) is 3.10. The van der Waals surface area contributed by atoms with Gasteiger partial charge in [-0.2, -0.15) is 8.78 Å². The van der Waals surface area contributed by atoms with E-state index in [1.54, 1.807) is 38.5 Å². The van der Waals surface area contributed by atoms with Crippen molar-refractivity contribution in [2.24, 2.45) is 0 Å². The predicted octanol–water partition coefficient (Wildman–Crippen LogP) is 4.70. The van der Waals surface area contributed by atoms with Crippen LogP contribution in [-0.4, -0.2) is 32.8 Å². The van der Waals surface area contributed by atoms with Crippen LogP contribution in [0.25, 0.3) is 0 Å². The number of hydrogen-bond donors (Lipinski definition) is 0. The van der Waals surface area contributed by atoms with Crippen molar-refractivity contribution in [3.8, 4) is 17.2 Å². The van der Waals surface area contributed by atoms with E-state index in [4.69, 9.17) is 9.47 Å². The summed E-state index contributed by atoms with van der Waals surface area (Å²) in [4.78, 5) is 2.11.